The van der Waals surface area contributed by atoms with E-state index in [9.17, 15) is 4.79 Å². The molecule has 1 saturated carbocycles. The minimum absolute atomic E-state index is 0.0610. The van der Waals surface area contributed by atoms with E-state index in [2.05, 4.69) is 5.10 Å². The number of likely N-dealkylation sites (tertiary alicyclic amines) is 1. The predicted molar refractivity (Wildman–Crippen MR) is 78.3 cm³/mol. The highest BCUT2D eigenvalue weighted by atomic mass is 16.2. The van der Waals surface area contributed by atoms with Crippen LogP contribution < -0.4 is 5.73 Å². The minimum atomic E-state index is 0.0610. The van der Waals surface area contributed by atoms with Crippen LogP contribution in [0.2, 0.25) is 0 Å². The summed E-state index contributed by atoms with van der Waals surface area (Å²) in [7, 11) is 0. The Bertz CT molecular complexity index is 496. The van der Waals surface area contributed by atoms with Gasteiger partial charge in [-0.2, -0.15) is 5.10 Å². The van der Waals surface area contributed by atoms with Crippen molar-refractivity contribution in [2.45, 2.75) is 45.6 Å². The number of nitrogens with zero attached hydrogens (tertiary/aromatic N) is 3. The van der Waals surface area contributed by atoms with E-state index in [4.69, 9.17) is 5.73 Å². The first-order chi connectivity index (χ1) is 9.70. The number of aromatic nitrogens is 2. The maximum absolute atomic E-state index is 12.7. The van der Waals surface area contributed by atoms with Crippen LogP contribution >= 0.6 is 0 Å². The molecular weight excluding hydrogens is 252 g/mol. The van der Waals surface area contributed by atoms with Gasteiger partial charge in [-0.05, 0) is 31.6 Å². The number of amides is 1. The van der Waals surface area contributed by atoms with E-state index in [0.717, 1.165) is 25.4 Å². The first kappa shape index (κ1) is 13.5. The smallest absolute Gasteiger partial charge is 0.274 e. The summed E-state index contributed by atoms with van der Waals surface area (Å²) in [6, 6.07) is 0. The normalized spacial score (nSPS) is 26.4. The number of fused-ring (bicyclic) bond motifs is 1. The average Bonchev–Trinajstić information content (AvgIpc) is 2.87. The van der Waals surface area contributed by atoms with Crippen LogP contribution in [0.4, 0.5) is 5.69 Å². The number of aryl methyl sites for hydroxylation is 1. The van der Waals surface area contributed by atoms with Gasteiger partial charge >= 0.3 is 0 Å². The largest absolute Gasteiger partial charge is 0.396 e. The zero-order chi connectivity index (χ0) is 14.1. The van der Waals surface area contributed by atoms with Gasteiger partial charge in [0.15, 0.2) is 0 Å². The SMILES string of the molecule is CCn1ncc(N)c1C(=O)N1CCC2CCCCC2C1. The molecule has 1 aliphatic carbocycles. The van der Waals surface area contributed by atoms with Crippen molar-refractivity contribution in [3.05, 3.63) is 11.9 Å². The molecule has 0 aromatic carbocycles. The monoisotopic (exact) mass is 276 g/mol. The Morgan fingerprint density at radius 1 is 1.35 bits per heavy atom. The van der Waals surface area contributed by atoms with E-state index in [0.29, 0.717) is 23.8 Å². The van der Waals surface area contributed by atoms with Crippen LogP contribution in [0, 0.1) is 11.8 Å². The second-order valence-electron chi connectivity index (χ2n) is 6.11. The predicted octanol–water partition coefficient (Wildman–Crippen LogP) is 2.14. The van der Waals surface area contributed by atoms with Gasteiger partial charge in [-0.15, -0.1) is 0 Å². The molecule has 5 nitrogen and oxygen atoms in total. The van der Waals surface area contributed by atoms with Crippen LogP contribution in [0.5, 0.6) is 0 Å². The lowest BCUT2D eigenvalue weighted by molar-refractivity contribution is 0.0511. The van der Waals surface area contributed by atoms with Gasteiger partial charge in [0, 0.05) is 19.6 Å². The van der Waals surface area contributed by atoms with Crippen molar-refractivity contribution in [2.24, 2.45) is 11.8 Å². The molecule has 0 bridgehead atoms. The van der Waals surface area contributed by atoms with Crippen LogP contribution in [0.1, 0.15) is 49.5 Å². The molecule has 0 radical (unpaired) electrons. The lowest BCUT2D eigenvalue weighted by Gasteiger charge is -2.41. The molecule has 5 heteroatoms. The van der Waals surface area contributed by atoms with Crippen molar-refractivity contribution in [1.82, 2.24) is 14.7 Å². The van der Waals surface area contributed by atoms with Crippen LogP contribution in [0.25, 0.3) is 0 Å². The van der Waals surface area contributed by atoms with Gasteiger partial charge < -0.3 is 10.6 Å². The summed E-state index contributed by atoms with van der Waals surface area (Å²) >= 11 is 0. The van der Waals surface area contributed by atoms with Crippen molar-refractivity contribution in [3.8, 4) is 0 Å². The maximum Gasteiger partial charge on any atom is 0.274 e. The number of rotatable bonds is 2. The Morgan fingerprint density at radius 3 is 2.85 bits per heavy atom. The van der Waals surface area contributed by atoms with E-state index in [1.54, 1.807) is 10.9 Å². The standard InChI is InChI=1S/C15H24N4O/c1-2-19-14(13(16)9-17-19)15(20)18-8-7-11-5-3-4-6-12(11)10-18/h9,11-12H,2-8,10,16H2,1H3. The summed E-state index contributed by atoms with van der Waals surface area (Å²) in [5.74, 6) is 1.59. The highest BCUT2D eigenvalue weighted by Gasteiger charge is 2.34. The Labute approximate surface area is 120 Å². The number of hydrogen-bond donors (Lipinski definition) is 1. The molecule has 1 aromatic heterocycles. The Hall–Kier alpha value is -1.52. The van der Waals surface area contributed by atoms with Crippen molar-refractivity contribution < 1.29 is 4.79 Å². The fourth-order valence-corrected chi connectivity index (χ4v) is 3.81. The second kappa shape index (κ2) is 5.46. The zero-order valence-corrected chi connectivity index (χ0v) is 12.2. The van der Waals surface area contributed by atoms with Crippen LogP contribution in [-0.4, -0.2) is 33.7 Å². The lowest BCUT2D eigenvalue weighted by Crippen LogP contribution is -2.45. The van der Waals surface area contributed by atoms with E-state index in [1.165, 1.54) is 25.7 Å². The minimum Gasteiger partial charge on any atom is -0.396 e. The van der Waals surface area contributed by atoms with Gasteiger partial charge in [0.1, 0.15) is 5.69 Å². The molecule has 2 unspecified atom stereocenters. The third-order valence-electron chi connectivity index (χ3n) is 4.95. The summed E-state index contributed by atoms with van der Waals surface area (Å²) in [5.41, 5.74) is 7.00. The number of hydrogen-bond acceptors (Lipinski definition) is 3. The number of nitrogen functional groups attached to an aromatic ring is 1. The molecule has 1 aromatic rings. The molecule has 2 fully saturated rings. The number of nitrogens with two attached hydrogens (primary N) is 1. The van der Waals surface area contributed by atoms with Gasteiger partial charge in [-0.25, -0.2) is 0 Å². The van der Waals surface area contributed by atoms with Gasteiger partial charge in [-0.1, -0.05) is 19.3 Å². The quantitative estimate of drug-likeness (QED) is 0.900. The molecule has 2 N–H and O–H groups in total. The fourth-order valence-electron chi connectivity index (χ4n) is 3.81. The second-order valence-corrected chi connectivity index (χ2v) is 6.11. The van der Waals surface area contributed by atoms with Gasteiger partial charge in [-0.3, -0.25) is 9.48 Å². The molecule has 1 aliphatic heterocycles. The van der Waals surface area contributed by atoms with Crippen LogP contribution in [0.3, 0.4) is 0 Å². The third kappa shape index (κ3) is 2.30. The van der Waals surface area contributed by atoms with E-state index in [1.807, 2.05) is 11.8 Å². The van der Waals surface area contributed by atoms with E-state index < -0.39 is 0 Å². The first-order valence-corrected chi connectivity index (χ1v) is 7.81. The van der Waals surface area contributed by atoms with Crippen molar-refractivity contribution in [3.63, 3.8) is 0 Å². The molecule has 0 spiro atoms. The Kier molecular flexibility index (Phi) is 3.68. The summed E-state index contributed by atoms with van der Waals surface area (Å²) in [6.07, 6.45) is 8.04. The number of piperidine rings is 1. The molecule has 3 rings (SSSR count). The summed E-state index contributed by atoms with van der Waals surface area (Å²) < 4.78 is 1.71. The first-order valence-electron chi connectivity index (χ1n) is 7.81. The Balaban J connectivity index is 1.76. The van der Waals surface area contributed by atoms with Gasteiger partial charge in [0.25, 0.3) is 5.91 Å². The van der Waals surface area contributed by atoms with Crippen molar-refractivity contribution in [2.75, 3.05) is 18.8 Å². The lowest BCUT2D eigenvalue weighted by atomic mass is 9.75. The molecule has 1 amide bonds. The number of carbonyl (C=O) groups is 1. The topological polar surface area (TPSA) is 64.2 Å². The summed E-state index contributed by atoms with van der Waals surface area (Å²) in [4.78, 5) is 14.7. The molecule has 1 saturated heterocycles. The third-order valence-corrected chi connectivity index (χ3v) is 4.95. The van der Waals surface area contributed by atoms with E-state index in [-0.39, 0.29) is 5.91 Å². The summed E-state index contributed by atoms with van der Waals surface area (Å²) in [6.45, 7) is 4.43. The van der Waals surface area contributed by atoms with Gasteiger partial charge in [0.05, 0.1) is 11.9 Å². The number of anilines is 1. The fraction of sp³-hybridized carbons (Fsp3) is 0.733. The highest BCUT2D eigenvalue weighted by molar-refractivity contribution is 5.97. The molecule has 2 aliphatic rings. The molecular formula is C15H24N4O. The molecule has 2 heterocycles. The molecule has 110 valence electrons. The van der Waals surface area contributed by atoms with Crippen LogP contribution in [0.15, 0.2) is 6.20 Å². The molecule has 2 atom stereocenters. The molecule has 20 heavy (non-hydrogen) atoms. The summed E-state index contributed by atoms with van der Waals surface area (Å²) in [5, 5.41) is 4.18. The maximum atomic E-state index is 12.7. The van der Waals surface area contributed by atoms with E-state index >= 15 is 0 Å². The Morgan fingerprint density at radius 2 is 2.10 bits per heavy atom. The van der Waals surface area contributed by atoms with Crippen molar-refractivity contribution >= 4 is 11.6 Å². The van der Waals surface area contributed by atoms with Gasteiger partial charge in [0.2, 0.25) is 0 Å². The zero-order valence-electron chi connectivity index (χ0n) is 12.2. The van der Waals surface area contributed by atoms with Crippen molar-refractivity contribution in [1.29, 1.82) is 0 Å². The highest BCUT2D eigenvalue weighted by Crippen LogP contribution is 2.36. The number of carbonyl (C=O) groups excluding carboxylic acids is 1. The average molecular weight is 276 g/mol. The van der Waals surface area contributed by atoms with Crippen LogP contribution in [-0.2, 0) is 6.54 Å².